The van der Waals surface area contributed by atoms with Gasteiger partial charge in [0.2, 0.25) is 23.8 Å². The van der Waals surface area contributed by atoms with Crippen LogP contribution in [0, 0.1) is 0 Å². The second kappa shape index (κ2) is 50.8. The number of aromatic nitrogens is 8. The number of nitrogens with zero attached hydrogens (tertiary/aromatic N) is 14. The molecule has 784 valence electrons. The molecule has 8 aromatic carbocycles. The van der Waals surface area contributed by atoms with Gasteiger partial charge in [-0.1, -0.05) is 70.7 Å². The van der Waals surface area contributed by atoms with Gasteiger partial charge >= 0.3 is 5.97 Å². The highest BCUT2D eigenvalue weighted by atomic mass is 35.5. The lowest BCUT2D eigenvalue weighted by Gasteiger charge is -2.42. The van der Waals surface area contributed by atoms with E-state index in [0.29, 0.717) is 167 Å². The van der Waals surface area contributed by atoms with Crippen molar-refractivity contribution in [3.63, 3.8) is 0 Å². The van der Waals surface area contributed by atoms with Crippen LogP contribution in [-0.4, -0.2) is 266 Å². The lowest BCUT2D eigenvalue weighted by atomic mass is 10.0. The average Bonchev–Trinajstić information content (AvgIpc) is 0.821. The number of likely N-dealkylation sites (N-methyl/N-ethyl adjacent to an activating group) is 2. The van der Waals surface area contributed by atoms with Gasteiger partial charge < -0.3 is 118 Å². The number of carbonyl (C=O) groups is 1. The van der Waals surface area contributed by atoms with Gasteiger partial charge in [0.05, 0.1) is 124 Å². The molecule has 0 spiro atoms. The maximum atomic E-state index is 13.5. The number of hydrogen-bond acceptors (Lipinski definition) is 34. The van der Waals surface area contributed by atoms with Gasteiger partial charge in [-0.3, -0.25) is 4.90 Å². The van der Waals surface area contributed by atoms with Gasteiger partial charge in [0, 0.05) is 141 Å². The summed E-state index contributed by atoms with van der Waals surface area (Å²) in [6.07, 6.45) is 8.65. The van der Waals surface area contributed by atoms with E-state index in [1.165, 1.54) is 59.7 Å². The molecule has 43 heteroatoms. The molecule has 0 amide bonds. The summed E-state index contributed by atoms with van der Waals surface area (Å²) in [6.45, 7) is 33.8. The van der Waals surface area contributed by atoms with E-state index in [1.54, 1.807) is 116 Å². The summed E-state index contributed by atoms with van der Waals surface area (Å²) in [6, 6.07) is 49.2. The van der Waals surface area contributed by atoms with E-state index < -0.39 is 40.7 Å². The van der Waals surface area contributed by atoms with Gasteiger partial charge in [-0.2, -0.15) is 19.9 Å². The normalized spacial score (nSPS) is 14.6. The predicted octanol–water partition coefficient (Wildman–Crippen LogP) is 21.8. The number of anilines is 19. The zero-order valence-electron chi connectivity index (χ0n) is 86.3. The molecule has 16 rings (SSSR count). The third-order valence-electron chi connectivity index (χ3n) is 24.6. The van der Waals surface area contributed by atoms with Crippen LogP contribution in [0.1, 0.15) is 63.7 Å². The molecule has 0 bridgehead atoms. The Morgan fingerprint density at radius 3 is 1.02 bits per heavy atom. The van der Waals surface area contributed by atoms with E-state index in [-0.39, 0.29) is 23.2 Å². The molecule has 0 saturated carbocycles. The van der Waals surface area contributed by atoms with Gasteiger partial charge in [0.25, 0.3) is 0 Å². The van der Waals surface area contributed by atoms with Crippen molar-refractivity contribution in [2.75, 3.05) is 239 Å². The second-order valence-corrected chi connectivity index (χ2v) is 52.2. The maximum absolute atomic E-state index is 13.5. The number of ether oxygens (including phenoxy) is 7. The molecule has 12 aromatic rings. The smallest absolute Gasteiger partial charge is 0.337 e. The summed E-state index contributed by atoms with van der Waals surface area (Å²) in [5.74, 6) is 5.96. The van der Waals surface area contributed by atoms with Crippen molar-refractivity contribution in [2.45, 2.75) is 77.8 Å². The summed E-state index contributed by atoms with van der Waals surface area (Å²) < 4.78 is 103. The lowest BCUT2D eigenvalue weighted by molar-refractivity contribution is 0.0600. The minimum Gasteiger partial charge on any atom is -0.495 e. The van der Waals surface area contributed by atoms with Gasteiger partial charge in [0.15, 0.2) is 23.3 Å². The summed E-state index contributed by atoms with van der Waals surface area (Å²) in [4.78, 5) is 61.6. The fourth-order valence-electron chi connectivity index (χ4n) is 16.6. The van der Waals surface area contributed by atoms with Gasteiger partial charge in [-0.25, -0.2) is 29.1 Å². The molecule has 0 aliphatic carbocycles. The minimum absolute atomic E-state index is 0.00642. The molecular weight excluding hydrogens is 2030 g/mol. The van der Waals surface area contributed by atoms with Gasteiger partial charge in [-0.05, 0) is 236 Å². The number of hydrogen-bond donors (Lipinski definition) is 8. The highest BCUT2D eigenvalue weighted by Crippen LogP contribution is 2.46. The van der Waals surface area contributed by atoms with Crippen LogP contribution >= 0.6 is 75.0 Å². The Balaban J connectivity index is 0.000000165. The number of rotatable bonds is 33. The molecule has 0 atom stereocenters. The lowest BCUT2D eigenvalue weighted by Crippen LogP contribution is -2.52. The van der Waals surface area contributed by atoms with Crippen molar-refractivity contribution in [3.8, 4) is 34.5 Å². The minimum atomic E-state index is -2.51. The third-order valence-corrected chi connectivity index (χ3v) is 31.8. The number of para-hydroxylation sites is 2. The summed E-state index contributed by atoms with van der Waals surface area (Å²) in [7, 11) is 2.02. The number of halogens is 5. The molecule has 0 unspecified atom stereocenters. The monoisotopic (exact) mass is 2160 g/mol. The largest absolute Gasteiger partial charge is 0.495 e. The number of piperazine rings is 2. The van der Waals surface area contributed by atoms with E-state index >= 15 is 0 Å². The number of methoxy groups -OCH3 is 5. The highest BCUT2D eigenvalue weighted by molar-refractivity contribution is 7.71. The van der Waals surface area contributed by atoms with E-state index in [1.807, 2.05) is 125 Å². The number of esters is 1. The molecule has 4 fully saturated rings. The standard InChI is InChI=1S/C32H45ClN7O3P.C26H34ClN6O2P.C24H28ClFN5O2P.C22H24ClN4O5P/c1-22(2)43-30-20-25(44(5,6)41)8-10-28(30)35-31-26(33)21-34-32(37-31)36-27-9-7-24(19-29(27)42-4)39-13-11-23(12-14-39)40-17-15-38(3)16-18-40;1-18(2)35-23-16-19(33-14-12-32(3)13-15-33)10-11-21(23)30-26-28-17-20(27)25(31-26)29-22-8-6-7-9-24(22)36(4,5)34;1-33-21-14-17(31-12-10-16(26)11-13-31)8-9-19(21)29-24-27-15-18(25)23(30-24)28-20-6-4-5-7-22(20)34(2,3)32;1-30-18-10-13(21(28)32-3)6-8-16(18)25-20-15(23)12-24-22(27-20)26-17-9-7-14(33(4,5)29)11-19(17)31-2/h7-10,19-23H,11-18H2,1-6H3,(H2,34,35,36,37);6-11,16-18H,12-15H2,1-5H3,(H2,28,29,30,31);4-9,14-16H,10-13H2,1-3H3,(H2,27,28,29,30);6-12H,1-5H3,(H2,24,25,26,27). The topological polar surface area (TPSA) is 369 Å². The van der Waals surface area contributed by atoms with Crippen LogP contribution in [0.2, 0.25) is 20.1 Å². The van der Waals surface area contributed by atoms with Crippen molar-refractivity contribution in [3.05, 3.63) is 208 Å². The van der Waals surface area contributed by atoms with Crippen LogP contribution in [0.4, 0.5) is 114 Å². The number of benzene rings is 8. The first kappa shape index (κ1) is 112. The highest BCUT2D eigenvalue weighted by Gasteiger charge is 2.31. The van der Waals surface area contributed by atoms with Crippen molar-refractivity contribution in [1.29, 1.82) is 0 Å². The second-order valence-electron chi connectivity index (χ2n) is 37.8. The fourth-order valence-corrected chi connectivity index (χ4v) is 21.2. The summed E-state index contributed by atoms with van der Waals surface area (Å²) in [5, 5.41) is 29.9. The molecule has 0 radical (unpaired) electrons. The first-order valence-electron chi connectivity index (χ1n) is 48.1. The molecule has 34 nitrogen and oxygen atoms in total. The van der Waals surface area contributed by atoms with Crippen LogP contribution in [0.3, 0.4) is 0 Å². The molecule has 8 N–H and O–H groups in total. The molecule has 8 heterocycles. The van der Waals surface area contributed by atoms with Crippen LogP contribution < -0.4 is 107 Å². The number of piperidine rings is 2. The van der Waals surface area contributed by atoms with Crippen molar-refractivity contribution < 1.29 is 60.6 Å². The maximum Gasteiger partial charge on any atom is 0.337 e. The summed E-state index contributed by atoms with van der Waals surface area (Å²) in [5.41, 5.74) is 9.00. The molecule has 147 heavy (non-hydrogen) atoms. The zero-order valence-corrected chi connectivity index (χ0v) is 92.9. The first-order valence-corrected chi connectivity index (χ1v) is 60.0. The Labute approximate surface area is 880 Å². The van der Waals surface area contributed by atoms with Crippen LogP contribution in [0.25, 0.3) is 0 Å². The summed E-state index contributed by atoms with van der Waals surface area (Å²) >= 11 is 25.6. The van der Waals surface area contributed by atoms with E-state index in [4.69, 9.17) is 79.6 Å². The molecular formula is C104H131Cl4FN22O12P4. The molecule has 4 aliphatic heterocycles. The molecule has 4 saturated heterocycles. The van der Waals surface area contributed by atoms with Crippen LogP contribution in [0.5, 0.6) is 34.5 Å². The predicted molar refractivity (Wildman–Crippen MR) is 602 cm³/mol. The van der Waals surface area contributed by atoms with E-state index in [9.17, 15) is 27.4 Å². The Morgan fingerprint density at radius 2 is 0.653 bits per heavy atom. The zero-order chi connectivity index (χ0) is 106. The van der Waals surface area contributed by atoms with Crippen molar-refractivity contribution in [1.82, 2.24) is 54.6 Å². The Hall–Kier alpha value is -12.0. The van der Waals surface area contributed by atoms with Gasteiger partial charge in [0.1, 0.15) is 89.3 Å². The quantitative estimate of drug-likeness (QED) is 0.0140. The Bertz CT molecular complexity index is 6780. The molecule has 4 aromatic heterocycles. The number of carbonyl (C=O) groups excluding carboxylic acids is 1. The molecule has 4 aliphatic rings. The first-order chi connectivity index (χ1) is 70.0. The van der Waals surface area contributed by atoms with Gasteiger partial charge in [-0.15, -0.1) is 0 Å². The number of alkyl halides is 1. The fraction of sp³-hybridized carbons (Fsp3) is 0.375. The van der Waals surface area contributed by atoms with Crippen LogP contribution in [-0.2, 0) is 23.0 Å². The number of nitrogens with one attached hydrogen (secondary N) is 8. The third kappa shape index (κ3) is 31.1. The SMILES string of the molecule is CC(C)Oc1cc(N2CCN(C)CC2)ccc1Nc1ncc(Cl)c(Nc2ccccc2P(C)(C)=O)n1.COC(=O)c1ccc(Nc2nc(Nc3ccc(P(C)(C)=O)cc3OC)ncc2Cl)c(OC)c1.COc1cc(N2CCC(F)CC2)ccc1Nc1ncc(Cl)c(Nc2ccccc2P(C)(C)=O)n1.COc1cc(N2CCC(N3CCN(C)CC3)CC2)ccc1Nc1ncc(Cl)c(Nc2ccc(P(C)(C)=O)cc2OC(C)C)n1. The Kier molecular flexibility index (Phi) is 38.8. The van der Waals surface area contributed by atoms with E-state index in [2.05, 4.69) is 150 Å². The van der Waals surface area contributed by atoms with E-state index in [0.717, 1.165) is 97.2 Å². The van der Waals surface area contributed by atoms with Crippen molar-refractivity contribution >= 4 is 212 Å². The van der Waals surface area contributed by atoms with Crippen LogP contribution in [0.15, 0.2) is 183 Å². The Morgan fingerprint density at radius 1 is 0.354 bits per heavy atom. The van der Waals surface area contributed by atoms with Crippen molar-refractivity contribution in [2.24, 2.45) is 0 Å². The average molecular weight is 2170 g/mol.